The Hall–Kier alpha value is -3.74. The van der Waals surface area contributed by atoms with E-state index in [1.807, 2.05) is 12.1 Å². The number of para-hydroxylation sites is 1. The second-order valence-corrected chi connectivity index (χ2v) is 6.11. The quantitative estimate of drug-likeness (QED) is 0.550. The van der Waals surface area contributed by atoms with E-state index in [0.29, 0.717) is 16.8 Å². The molecular formula is C21H18N2O5. The van der Waals surface area contributed by atoms with Gasteiger partial charge in [-0.1, -0.05) is 24.3 Å². The first-order chi connectivity index (χ1) is 13.4. The lowest BCUT2D eigenvalue weighted by atomic mass is 10.1. The lowest BCUT2D eigenvalue weighted by Gasteiger charge is -2.16. The number of nitrogens with one attached hydrogen (secondary N) is 1. The third kappa shape index (κ3) is 3.98. The fourth-order valence-electron chi connectivity index (χ4n) is 2.79. The summed E-state index contributed by atoms with van der Waals surface area (Å²) in [5.74, 6) is -1.74. The van der Waals surface area contributed by atoms with Crippen LogP contribution in [0.5, 0.6) is 11.5 Å². The first kappa shape index (κ1) is 19.0. The van der Waals surface area contributed by atoms with Crippen LogP contribution in [0.15, 0.2) is 48.7 Å². The zero-order chi connectivity index (χ0) is 20.3. The smallest absolute Gasteiger partial charge is 0.308 e. The number of amides is 1. The van der Waals surface area contributed by atoms with Crippen LogP contribution >= 0.6 is 0 Å². The van der Waals surface area contributed by atoms with Gasteiger partial charge < -0.3 is 14.8 Å². The number of nitrogens with zero attached hydrogens (tertiary/aromatic N) is 1. The van der Waals surface area contributed by atoms with Crippen LogP contribution in [0.25, 0.3) is 10.9 Å². The van der Waals surface area contributed by atoms with Crippen LogP contribution in [0, 0.1) is 6.92 Å². The average Bonchev–Trinajstić information content (AvgIpc) is 2.64. The highest BCUT2D eigenvalue weighted by Gasteiger charge is 2.24. The van der Waals surface area contributed by atoms with Crippen molar-refractivity contribution >= 4 is 34.4 Å². The fourth-order valence-corrected chi connectivity index (χ4v) is 2.79. The number of anilines is 1. The zero-order valence-electron chi connectivity index (χ0n) is 15.6. The molecule has 7 heteroatoms. The Balaban J connectivity index is 2.09. The summed E-state index contributed by atoms with van der Waals surface area (Å²) >= 11 is 0. The molecule has 1 amide bonds. The number of carbonyl (C=O) groups is 3. The van der Waals surface area contributed by atoms with Gasteiger partial charge in [0, 0.05) is 25.4 Å². The number of ether oxygens (including phenoxy) is 2. The Morgan fingerprint density at radius 3 is 2.36 bits per heavy atom. The van der Waals surface area contributed by atoms with Gasteiger partial charge >= 0.3 is 11.9 Å². The van der Waals surface area contributed by atoms with E-state index in [0.717, 1.165) is 5.39 Å². The maximum atomic E-state index is 13.1. The van der Waals surface area contributed by atoms with E-state index in [1.54, 1.807) is 37.4 Å². The first-order valence-electron chi connectivity index (χ1n) is 8.52. The van der Waals surface area contributed by atoms with Gasteiger partial charge in [0.05, 0.1) is 11.2 Å². The number of rotatable bonds is 4. The molecule has 1 heterocycles. The van der Waals surface area contributed by atoms with Crippen LogP contribution in [0.4, 0.5) is 5.69 Å². The normalized spacial score (nSPS) is 10.4. The van der Waals surface area contributed by atoms with Gasteiger partial charge in [-0.05, 0) is 30.7 Å². The summed E-state index contributed by atoms with van der Waals surface area (Å²) in [5.41, 5.74) is 1.59. The van der Waals surface area contributed by atoms with Gasteiger partial charge in [0.25, 0.3) is 5.91 Å². The number of benzene rings is 2. The molecule has 0 saturated heterocycles. The summed E-state index contributed by atoms with van der Waals surface area (Å²) in [6.45, 7) is 4.14. The number of hydrogen-bond acceptors (Lipinski definition) is 6. The summed E-state index contributed by atoms with van der Waals surface area (Å²) in [4.78, 5) is 40.4. The van der Waals surface area contributed by atoms with Crippen molar-refractivity contribution in [1.82, 2.24) is 4.98 Å². The van der Waals surface area contributed by atoms with E-state index in [4.69, 9.17) is 9.47 Å². The van der Waals surface area contributed by atoms with Crippen molar-refractivity contribution < 1.29 is 23.9 Å². The Kier molecular flexibility index (Phi) is 5.35. The van der Waals surface area contributed by atoms with E-state index in [-0.39, 0.29) is 17.1 Å². The Morgan fingerprint density at radius 1 is 0.929 bits per heavy atom. The lowest BCUT2D eigenvalue weighted by Crippen LogP contribution is -2.18. The van der Waals surface area contributed by atoms with E-state index in [1.165, 1.54) is 19.9 Å². The molecule has 3 aromatic rings. The number of pyridine rings is 1. The standard InChI is InChI=1S/C21H18N2O5/c1-12-9-10-17(27-13(2)24)18(20(12)28-14(3)25)21(26)23-16-8-4-6-15-7-5-11-22-19(15)16/h4-11H,1-3H3,(H,23,26). The molecule has 0 radical (unpaired) electrons. The van der Waals surface area contributed by atoms with Crippen molar-refractivity contribution in [2.45, 2.75) is 20.8 Å². The van der Waals surface area contributed by atoms with Crippen LogP contribution in [0.3, 0.4) is 0 Å². The summed E-state index contributed by atoms with van der Waals surface area (Å²) in [7, 11) is 0. The number of esters is 2. The first-order valence-corrected chi connectivity index (χ1v) is 8.52. The molecule has 0 saturated carbocycles. The van der Waals surface area contributed by atoms with Gasteiger partial charge in [0.1, 0.15) is 17.1 Å². The van der Waals surface area contributed by atoms with E-state index < -0.39 is 17.8 Å². The van der Waals surface area contributed by atoms with Gasteiger partial charge in [-0.25, -0.2) is 0 Å². The predicted molar refractivity (Wildman–Crippen MR) is 103 cm³/mol. The molecular weight excluding hydrogens is 360 g/mol. The number of fused-ring (bicyclic) bond motifs is 1. The summed E-state index contributed by atoms with van der Waals surface area (Å²) in [5, 5.41) is 3.62. The molecule has 0 atom stereocenters. The topological polar surface area (TPSA) is 94.6 Å². The van der Waals surface area contributed by atoms with Crippen LogP contribution in [-0.2, 0) is 9.59 Å². The molecule has 0 aliphatic carbocycles. The molecule has 0 aliphatic heterocycles. The second-order valence-electron chi connectivity index (χ2n) is 6.11. The molecule has 1 aromatic heterocycles. The molecule has 142 valence electrons. The molecule has 0 bridgehead atoms. The van der Waals surface area contributed by atoms with Crippen LogP contribution < -0.4 is 14.8 Å². The largest absolute Gasteiger partial charge is 0.426 e. The molecule has 1 N–H and O–H groups in total. The molecule has 0 unspecified atom stereocenters. The van der Waals surface area contributed by atoms with Gasteiger partial charge in [0.15, 0.2) is 0 Å². The van der Waals surface area contributed by atoms with Gasteiger partial charge in [-0.15, -0.1) is 0 Å². The molecule has 0 fully saturated rings. The Bertz CT molecular complexity index is 1090. The van der Waals surface area contributed by atoms with E-state index in [2.05, 4.69) is 10.3 Å². The highest BCUT2D eigenvalue weighted by Crippen LogP contribution is 2.34. The SMILES string of the molecule is CC(=O)Oc1ccc(C)c(OC(C)=O)c1C(=O)Nc1cccc2cccnc12. The third-order valence-electron chi connectivity index (χ3n) is 3.92. The Labute approximate surface area is 161 Å². The van der Waals surface area contributed by atoms with Crippen molar-refractivity contribution in [3.63, 3.8) is 0 Å². The lowest BCUT2D eigenvalue weighted by molar-refractivity contribution is -0.132. The number of carbonyl (C=O) groups excluding carboxylic acids is 3. The van der Waals surface area contributed by atoms with Crippen molar-refractivity contribution in [1.29, 1.82) is 0 Å². The van der Waals surface area contributed by atoms with Crippen molar-refractivity contribution in [3.05, 3.63) is 59.8 Å². The molecule has 0 aliphatic rings. The molecule has 7 nitrogen and oxygen atoms in total. The minimum atomic E-state index is -0.599. The van der Waals surface area contributed by atoms with E-state index in [9.17, 15) is 14.4 Å². The fraction of sp³-hybridized carbons (Fsp3) is 0.143. The molecule has 2 aromatic carbocycles. The summed E-state index contributed by atoms with van der Waals surface area (Å²) < 4.78 is 10.4. The van der Waals surface area contributed by atoms with Gasteiger partial charge in [-0.3, -0.25) is 19.4 Å². The van der Waals surface area contributed by atoms with Crippen LogP contribution in [0.2, 0.25) is 0 Å². The molecule has 3 rings (SSSR count). The van der Waals surface area contributed by atoms with Crippen molar-refractivity contribution in [2.75, 3.05) is 5.32 Å². The van der Waals surface area contributed by atoms with Crippen LogP contribution in [0.1, 0.15) is 29.8 Å². The van der Waals surface area contributed by atoms with Gasteiger partial charge in [0.2, 0.25) is 0 Å². The number of aryl methyl sites for hydroxylation is 1. The molecule has 0 spiro atoms. The highest BCUT2D eigenvalue weighted by molar-refractivity contribution is 6.12. The summed E-state index contributed by atoms with van der Waals surface area (Å²) in [6, 6.07) is 12.1. The van der Waals surface area contributed by atoms with Gasteiger partial charge in [-0.2, -0.15) is 0 Å². The maximum Gasteiger partial charge on any atom is 0.308 e. The zero-order valence-corrected chi connectivity index (χ0v) is 15.6. The minimum absolute atomic E-state index is 0.0000425. The Morgan fingerprint density at radius 2 is 1.64 bits per heavy atom. The summed E-state index contributed by atoms with van der Waals surface area (Å²) in [6.07, 6.45) is 1.62. The third-order valence-corrected chi connectivity index (χ3v) is 3.92. The monoisotopic (exact) mass is 378 g/mol. The predicted octanol–water partition coefficient (Wildman–Crippen LogP) is 3.65. The minimum Gasteiger partial charge on any atom is -0.426 e. The second kappa shape index (κ2) is 7.87. The average molecular weight is 378 g/mol. The van der Waals surface area contributed by atoms with Crippen molar-refractivity contribution in [2.24, 2.45) is 0 Å². The number of hydrogen-bond donors (Lipinski definition) is 1. The highest BCUT2D eigenvalue weighted by atomic mass is 16.5. The van der Waals surface area contributed by atoms with Crippen molar-refractivity contribution in [3.8, 4) is 11.5 Å². The molecule has 28 heavy (non-hydrogen) atoms. The van der Waals surface area contributed by atoms with Crippen LogP contribution in [-0.4, -0.2) is 22.8 Å². The van der Waals surface area contributed by atoms with E-state index >= 15 is 0 Å². The number of aromatic nitrogens is 1. The maximum absolute atomic E-state index is 13.1.